The maximum absolute atomic E-state index is 13.3. The molecule has 3 aromatic carbocycles. The molecule has 5 nitrogen and oxygen atoms in total. The van der Waals surface area contributed by atoms with Gasteiger partial charge in [-0.1, -0.05) is 60.7 Å². The second-order valence-corrected chi connectivity index (χ2v) is 6.92. The van der Waals surface area contributed by atoms with Gasteiger partial charge in [-0.05, 0) is 36.8 Å². The number of benzene rings is 3. The number of hydrogen-bond acceptors (Lipinski definition) is 4. The van der Waals surface area contributed by atoms with Gasteiger partial charge in [0.15, 0.2) is 0 Å². The van der Waals surface area contributed by atoms with Crippen molar-refractivity contribution in [1.82, 2.24) is 0 Å². The van der Waals surface area contributed by atoms with E-state index in [1.165, 1.54) is 24.3 Å². The highest BCUT2D eigenvalue weighted by Gasteiger charge is 2.29. The third-order valence-electron chi connectivity index (χ3n) is 4.82. The Labute approximate surface area is 184 Å². The summed E-state index contributed by atoms with van der Waals surface area (Å²) in [6, 6.07) is 23.6. The summed E-state index contributed by atoms with van der Waals surface area (Å²) in [5, 5.41) is 2.66. The number of nitrogens with one attached hydrogen (secondary N) is 1. The lowest BCUT2D eigenvalue weighted by Crippen LogP contribution is -2.15. The van der Waals surface area contributed by atoms with Gasteiger partial charge in [-0.15, -0.1) is 0 Å². The van der Waals surface area contributed by atoms with E-state index in [0.29, 0.717) is 11.3 Å². The average molecular weight is 429 g/mol. The largest absolute Gasteiger partial charge is 0.462 e. The first-order chi connectivity index (χ1) is 15.6. The van der Waals surface area contributed by atoms with Gasteiger partial charge >= 0.3 is 5.97 Å². The van der Waals surface area contributed by atoms with E-state index in [2.05, 4.69) is 5.32 Å². The smallest absolute Gasteiger partial charge is 0.344 e. The van der Waals surface area contributed by atoms with Gasteiger partial charge in [0, 0.05) is 16.7 Å². The normalized spacial score (nSPS) is 10.6. The van der Waals surface area contributed by atoms with E-state index in [-0.39, 0.29) is 23.6 Å². The topological polar surface area (TPSA) is 68.5 Å². The Morgan fingerprint density at radius 2 is 1.47 bits per heavy atom. The van der Waals surface area contributed by atoms with E-state index in [4.69, 9.17) is 9.15 Å². The number of carbonyl (C=O) groups excluding carboxylic acids is 2. The molecule has 0 aliphatic heterocycles. The molecule has 4 rings (SSSR count). The van der Waals surface area contributed by atoms with Crippen LogP contribution in [0.4, 0.5) is 10.3 Å². The fourth-order valence-corrected chi connectivity index (χ4v) is 3.37. The molecule has 0 fully saturated rings. The highest BCUT2D eigenvalue weighted by Crippen LogP contribution is 2.42. The number of rotatable bonds is 6. The van der Waals surface area contributed by atoms with E-state index >= 15 is 0 Å². The van der Waals surface area contributed by atoms with Crippen LogP contribution in [-0.2, 0) is 4.74 Å². The summed E-state index contributed by atoms with van der Waals surface area (Å²) in [7, 11) is 0. The van der Waals surface area contributed by atoms with Gasteiger partial charge < -0.3 is 9.15 Å². The third kappa shape index (κ3) is 4.30. The van der Waals surface area contributed by atoms with Crippen LogP contribution in [0.2, 0.25) is 0 Å². The minimum Gasteiger partial charge on any atom is -0.462 e. The SMILES string of the molecule is CCOC(=O)c1c(NC(=O)c2ccc(F)cc2)oc(-c2ccccc2)c1-c1ccccc1. The zero-order chi connectivity index (χ0) is 22.5. The van der Waals surface area contributed by atoms with Gasteiger partial charge in [0.05, 0.1) is 6.61 Å². The lowest BCUT2D eigenvalue weighted by atomic mass is 9.97. The van der Waals surface area contributed by atoms with Crippen molar-refractivity contribution in [2.24, 2.45) is 0 Å². The van der Waals surface area contributed by atoms with E-state index in [9.17, 15) is 14.0 Å². The summed E-state index contributed by atoms with van der Waals surface area (Å²) in [6.07, 6.45) is 0. The number of ether oxygens (including phenoxy) is 1. The first kappa shape index (κ1) is 21.1. The predicted octanol–water partition coefficient (Wildman–Crippen LogP) is 6.18. The molecule has 0 atom stereocenters. The van der Waals surface area contributed by atoms with Crippen LogP contribution in [0.5, 0.6) is 0 Å². The minimum absolute atomic E-state index is 0.0320. The molecule has 0 bridgehead atoms. The lowest BCUT2D eigenvalue weighted by Gasteiger charge is -2.08. The molecule has 0 radical (unpaired) electrons. The van der Waals surface area contributed by atoms with Crippen LogP contribution >= 0.6 is 0 Å². The first-order valence-corrected chi connectivity index (χ1v) is 10.1. The summed E-state index contributed by atoms with van der Waals surface area (Å²) in [4.78, 5) is 25.8. The first-order valence-electron chi connectivity index (χ1n) is 10.1. The summed E-state index contributed by atoms with van der Waals surface area (Å²) < 4.78 is 24.6. The zero-order valence-corrected chi connectivity index (χ0v) is 17.3. The van der Waals surface area contributed by atoms with E-state index in [1.54, 1.807) is 6.92 Å². The van der Waals surface area contributed by atoms with Gasteiger partial charge in [-0.3, -0.25) is 10.1 Å². The molecule has 0 aliphatic carbocycles. The molecule has 0 spiro atoms. The Morgan fingerprint density at radius 3 is 2.06 bits per heavy atom. The van der Waals surface area contributed by atoms with Gasteiger partial charge in [-0.25, -0.2) is 9.18 Å². The number of furan rings is 1. The monoisotopic (exact) mass is 429 g/mol. The zero-order valence-electron chi connectivity index (χ0n) is 17.3. The van der Waals surface area contributed by atoms with Crippen LogP contribution in [0.3, 0.4) is 0 Å². The molecular weight excluding hydrogens is 409 g/mol. The molecule has 0 saturated heterocycles. The third-order valence-corrected chi connectivity index (χ3v) is 4.82. The standard InChI is InChI=1S/C26H20FNO4/c1-2-31-26(30)22-21(17-9-5-3-6-10-17)23(18-11-7-4-8-12-18)32-25(22)28-24(29)19-13-15-20(27)16-14-19/h3-16H,2H2,1H3,(H,28,29). The Hall–Kier alpha value is -4.19. The summed E-state index contributed by atoms with van der Waals surface area (Å²) >= 11 is 0. The van der Waals surface area contributed by atoms with Crippen molar-refractivity contribution in [3.8, 4) is 22.5 Å². The van der Waals surface area contributed by atoms with Gasteiger partial charge in [0.25, 0.3) is 5.91 Å². The Bertz CT molecular complexity index is 1230. The molecule has 1 aromatic heterocycles. The number of carbonyl (C=O) groups is 2. The van der Waals surface area contributed by atoms with Crippen molar-refractivity contribution < 1.29 is 23.1 Å². The molecular formula is C26H20FNO4. The number of hydrogen-bond donors (Lipinski definition) is 1. The quantitative estimate of drug-likeness (QED) is 0.372. The van der Waals surface area contributed by atoms with E-state index < -0.39 is 17.7 Å². The minimum atomic E-state index is -0.619. The molecule has 0 unspecified atom stereocenters. The van der Waals surface area contributed by atoms with E-state index in [0.717, 1.165) is 11.1 Å². The van der Waals surface area contributed by atoms with Crippen molar-refractivity contribution in [1.29, 1.82) is 0 Å². The van der Waals surface area contributed by atoms with Crippen molar-refractivity contribution in [3.63, 3.8) is 0 Å². The Balaban J connectivity index is 1.89. The predicted molar refractivity (Wildman–Crippen MR) is 120 cm³/mol. The highest BCUT2D eigenvalue weighted by atomic mass is 19.1. The average Bonchev–Trinajstić information content (AvgIpc) is 3.20. The Kier molecular flexibility index (Phi) is 6.12. The van der Waals surface area contributed by atoms with Crippen LogP contribution in [-0.4, -0.2) is 18.5 Å². The van der Waals surface area contributed by atoms with Gasteiger partial charge in [-0.2, -0.15) is 0 Å². The van der Waals surface area contributed by atoms with Crippen molar-refractivity contribution in [2.45, 2.75) is 6.92 Å². The van der Waals surface area contributed by atoms with Crippen LogP contribution in [0.25, 0.3) is 22.5 Å². The fraction of sp³-hybridized carbons (Fsp3) is 0.0769. The van der Waals surface area contributed by atoms with Crippen molar-refractivity contribution >= 4 is 17.8 Å². The maximum Gasteiger partial charge on any atom is 0.344 e. The summed E-state index contributed by atoms with van der Waals surface area (Å²) in [5.41, 5.74) is 2.33. The molecule has 0 saturated carbocycles. The van der Waals surface area contributed by atoms with Crippen LogP contribution in [0.15, 0.2) is 89.3 Å². The number of anilines is 1. The van der Waals surface area contributed by atoms with Gasteiger partial charge in [0.1, 0.15) is 17.1 Å². The van der Waals surface area contributed by atoms with Crippen LogP contribution in [0, 0.1) is 5.82 Å². The molecule has 0 aliphatic rings. The van der Waals surface area contributed by atoms with Crippen molar-refractivity contribution in [2.75, 3.05) is 11.9 Å². The highest BCUT2D eigenvalue weighted by molar-refractivity contribution is 6.11. The number of esters is 1. The van der Waals surface area contributed by atoms with Crippen LogP contribution < -0.4 is 5.32 Å². The second-order valence-electron chi connectivity index (χ2n) is 6.92. The number of amides is 1. The summed E-state index contributed by atoms with van der Waals surface area (Å²) in [6.45, 7) is 1.86. The van der Waals surface area contributed by atoms with E-state index in [1.807, 2.05) is 60.7 Å². The van der Waals surface area contributed by atoms with Crippen molar-refractivity contribution in [3.05, 3.63) is 102 Å². The fourth-order valence-electron chi connectivity index (χ4n) is 3.37. The molecule has 32 heavy (non-hydrogen) atoms. The molecule has 160 valence electrons. The lowest BCUT2D eigenvalue weighted by molar-refractivity contribution is 0.0528. The van der Waals surface area contributed by atoms with Crippen LogP contribution in [0.1, 0.15) is 27.6 Å². The molecule has 4 aromatic rings. The maximum atomic E-state index is 13.3. The number of halogens is 1. The molecule has 1 amide bonds. The second kappa shape index (κ2) is 9.31. The summed E-state index contributed by atoms with van der Waals surface area (Å²) in [5.74, 6) is -1.22. The van der Waals surface area contributed by atoms with Gasteiger partial charge in [0.2, 0.25) is 5.88 Å². The molecule has 1 N–H and O–H groups in total. The molecule has 1 heterocycles. The molecule has 6 heteroatoms. The Morgan fingerprint density at radius 1 is 0.875 bits per heavy atom.